The molecule has 2 aliphatic heterocycles. The van der Waals surface area contributed by atoms with E-state index in [1.165, 1.54) is 18.3 Å². The minimum atomic E-state index is -3.56. The second kappa shape index (κ2) is 9.79. The van der Waals surface area contributed by atoms with Gasteiger partial charge in [0.25, 0.3) is 5.91 Å². The highest BCUT2D eigenvalue weighted by Gasteiger charge is 2.31. The Morgan fingerprint density at radius 1 is 1.03 bits per heavy atom. The number of rotatable bonds is 4. The lowest BCUT2D eigenvalue weighted by Gasteiger charge is -2.35. The summed E-state index contributed by atoms with van der Waals surface area (Å²) in [7, 11) is -3.56. The van der Waals surface area contributed by atoms with Gasteiger partial charge in [-0.05, 0) is 81.0 Å². The van der Waals surface area contributed by atoms with Crippen molar-refractivity contribution < 1.29 is 23.4 Å². The topological polar surface area (TPSA) is 111 Å². The number of amides is 1. The molecule has 0 bridgehead atoms. The first-order valence-corrected chi connectivity index (χ1v) is 14.1. The van der Waals surface area contributed by atoms with Crippen LogP contribution in [0.3, 0.4) is 0 Å². The molecule has 194 valence electrons. The van der Waals surface area contributed by atoms with Crippen molar-refractivity contribution in [2.24, 2.45) is 0 Å². The normalized spacial score (nSPS) is 18.4. The van der Waals surface area contributed by atoms with Gasteiger partial charge in [0.2, 0.25) is 10.0 Å². The van der Waals surface area contributed by atoms with Gasteiger partial charge in [0, 0.05) is 42.6 Å². The monoisotopic (exact) mass is 521 g/mol. The van der Waals surface area contributed by atoms with Gasteiger partial charge in [-0.2, -0.15) is 4.31 Å². The van der Waals surface area contributed by atoms with Crippen LogP contribution in [0.4, 0.5) is 5.69 Å². The largest absolute Gasteiger partial charge is 0.508 e. The Kier molecular flexibility index (Phi) is 6.68. The molecule has 2 aromatic carbocycles. The van der Waals surface area contributed by atoms with Crippen LogP contribution in [-0.4, -0.2) is 53.0 Å². The van der Waals surface area contributed by atoms with E-state index < -0.39 is 10.0 Å². The number of aryl methyl sites for hydroxylation is 2. The quantitative estimate of drug-likeness (QED) is 0.518. The fourth-order valence-electron chi connectivity index (χ4n) is 5.29. The molecule has 1 amide bonds. The predicted octanol–water partition coefficient (Wildman–Crippen LogP) is 4.62. The first kappa shape index (κ1) is 25.2. The third-order valence-corrected chi connectivity index (χ3v) is 9.19. The van der Waals surface area contributed by atoms with Crippen LogP contribution >= 0.6 is 0 Å². The average Bonchev–Trinajstić information content (AvgIpc) is 2.88. The summed E-state index contributed by atoms with van der Waals surface area (Å²) in [6.07, 6.45) is 5.78. The molecule has 0 unspecified atom stereocenters. The molecule has 1 saturated heterocycles. The number of anilines is 1. The third-order valence-electron chi connectivity index (χ3n) is 7.32. The number of hydrogen-bond acceptors (Lipinski definition) is 6. The molecular formula is C28H31N3O5S. The first-order chi connectivity index (χ1) is 17.7. The zero-order valence-corrected chi connectivity index (χ0v) is 21.8. The fourth-order valence-corrected chi connectivity index (χ4v) is 6.83. The van der Waals surface area contributed by atoms with Gasteiger partial charge in [0.05, 0.1) is 11.3 Å². The van der Waals surface area contributed by atoms with E-state index in [-0.39, 0.29) is 33.9 Å². The number of phenols is 2. The van der Waals surface area contributed by atoms with Crippen LogP contribution in [0, 0.1) is 6.92 Å². The molecule has 2 N–H and O–H groups in total. The molecule has 1 atom stereocenters. The van der Waals surface area contributed by atoms with Gasteiger partial charge in [-0.3, -0.25) is 9.78 Å². The van der Waals surface area contributed by atoms with Crippen LogP contribution < -0.4 is 4.90 Å². The molecule has 2 aliphatic rings. The van der Waals surface area contributed by atoms with E-state index in [0.29, 0.717) is 18.8 Å². The van der Waals surface area contributed by atoms with E-state index in [2.05, 4.69) is 4.98 Å². The van der Waals surface area contributed by atoms with E-state index in [1.807, 2.05) is 32.0 Å². The minimum absolute atomic E-state index is 0.0711. The van der Waals surface area contributed by atoms with Gasteiger partial charge in [-0.25, -0.2) is 8.42 Å². The van der Waals surface area contributed by atoms with Crippen molar-refractivity contribution in [1.82, 2.24) is 9.29 Å². The number of phenolic OH excluding ortho intramolecular Hbond substituents is 2. The summed E-state index contributed by atoms with van der Waals surface area (Å²) in [5.74, 6) is -0.705. The van der Waals surface area contributed by atoms with Gasteiger partial charge in [-0.1, -0.05) is 12.5 Å². The number of sulfonamides is 1. The summed E-state index contributed by atoms with van der Waals surface area (Å²) < 4.78 is 27.7. The molecule has 0 aliphatic carbocycles. The van der Waals surface area contributed by atoms with Crippen LogP contribution in [0.15, 0.2) is 53.6 Å². The SMILES string of the molecule is Cc1cc(S(=O)(=O)N2CCCCC2)cnc1-c1ccc2c(c1)CC[C@H](C)N2C(=O)c1ccc(O)cc1O. The van der Waals surface area contributed by atoms with Crippen molar-refractivity contribution in [2.75, 3.05) is 18.0 Å². The van der Waals surface area contributed by atoms with Crippen LogP contribution in [0.5, 0.6) is 11.5 Å². The summed E-state index contributed by atoms with van der Waals surface area (Å²) in [5, 5.41) is 19.9. The highest BCUT2D eigenvalue weighted by atomic mass is 32.2. The number of pyridine rings is 1. The number of aromatic hydroxyl groups is 2. The number of piperidine rings is 1. The molecular weight excluding hydrogens is 490 g/mol. The summed E-state index contributed by atoms with van der Waals surface area (Å²) >= 11 is 0. The van der Waals surface area contributed by atoms with Crippen LogP contribution in [0.25, 0.3) is 11.3 Å². The maximum atomic E-state index is 13.4. The third kappa shape index (κ3) is 4.69. The van der Waals surface area contributed by atoms with Crippen molar-refractivity contribution >= 4 is 21.6 Å². The lowest BCUT2D eigenvalue weighted by molar-refractivity contribution is 0.0972. The molecule has 9 heteroatoms. The van der Waals surface area contributed by atoms with Crippen molar-refractivity contribution in [3.63, 3.8) is 0 Å². The Balaban J connectivity index is 1.46. The molecule has 0 radical (unpaired) electrons. The van der Waals surface area contributed by atoms with Crippen LogP contribution in [0.1, 0.15) is 54.1 Å². The van der Waals surface area contributed by atoms with E-state index in [4.69, 9.17) is 0 Å². The Morgan fingerprint density at radius 2 is 1.78 bits per heavy atom. The lowest BCUT2D eigenvalue weighted by Crippen LogP contribution is -2.42. The number of hydrogen-bond donors (Lipinski definition) is 2. The van der Waals surface area contributed by atoms with Crippen molar-refractivity contribution in [3.05, 3.63) is 65.4 Å². The molecule has 0 spiro atoms. The fraction of sp³-hybridized carbons (Fsp3) is 0.357. The van der Waals surface area contributed by atoms with Crippen LogP contribution in [-0.2, 0) is 16.4 Å². The van der Waals surface area contributed by atoms with Gasteiger partial charge in [-0.15, -0.1) is 0 Å². The molecule has 1 fully saturated rings. The van der Waals surface area contributed by atoms with E-state index in [9.17, 15) is 23.4 Å². The maximum Gasteiger partial charge on any atom is 0.262 e. The number of benzene rings is 2. The minimum Gasteiger partial charge on any atom is -0.508 e. The van der Waals surface area contributed by atoms with Crippen molar-refractivity contribution in [1.29, 1.82) is 0 Å². The average molecular weight is 522 g/mol. The van der Waals surface area contributed by atoms with Gasteiger partial charge >= 0.3 is 0 Å². The molecule has 37 heavy (non-hydrogen) atoms. The molecule has 3 heterocycles. The summed E-state index contributed by atoms with van der Waals surface area (Å²) in [6.45, 7) is 4.93. The van der Waals surface area contributed by atoms with Gasteiger partial charge in [0.1, 0.15) is 16.4 Å². The highest BCUT2D eigenvalue weighted by molar-refractivity contribution is 7.89. The highest BCUT2D eigenvalue weighted by Crippen LogP contribution is 2.37. The van der Waals surface area contributed by atoms with E-state index in [0.717, 1.165) is 60.5 Å². The Hall–Kier alpha value is -3.43. The zero-order chi connectivity index (χ0) is 26.3. The number of nitrogens with zero attached hydrogens (tertiary/aromatic N) is 3. The predicted molar refractivity (Wildman–Crippen MR) is 141 cm³/mol. The molecule has 5 rings (SSSR count). The molecule has 1 aromatic heterocycles. The first-order valence-electron chi connectivity index (χ1n) is 12.6. The molecule has 0 saturated carbocycles. The number of aromatic nitrogens is 1. The summed E-state index contributed by atoms with van der Waals surface area (Å²) in [4.78, 5) is 19.8. The standard InChI is InChI=1S/C28H31N3O5S/c1-18-14-23(37(35,36)30-12-4-3-5-13-30)17-29-27(18)21-8-11-25-20(15-21)7-6-19(2)31(25)28(34)24-10-9-22(32)16-26(24)33/h8-11,14-17,19,32-33H,3-7,12-13H2,1-2H3/t19-/m0/s1. The van der Waals surface area contributed by atoms with E-state index in [1.54, 1.807) is 15.3 Å². The molecule has 3 aromatic rings. The number of carbonyl (C=O) groups is 1. The van der Waals surface area contributed by atoms with Crippen molar-refractivity contribution in [2.45, 2.75) is 56.9 Å². The Labute approximate surface area is 217 Å². The van der Waals surface area contributed by atoms with E-state index >= 15 is 0 Å². The molecule has 8 nitrogen and oxygen atoms in total. The van der Waals surface area contributed by atoms with Crippen molar-refractivity contribution in [3.8, 4) is 22.8 Å². The number of carbonyl (C=O) groups excluding carboxylic acids is 1. The second-order valence-corrected chi connectivity index (χ2v) is 11.8. The smallest absolute Gasteiger partial charge is 0.262 e. The maximum absolute atomic E-state index is 13.4. The number of fused-ring (bicyclic) bond motifs is 1. The van der Waals surface area contributed by atoms with Gasteiger partial charge < -0.3 is 15.1 Å². The second-order valence-electron chi connectivity index (χ2n) is 9.91. The summed E-state index contributed by atoms with van der Waals surface area (Å²) in [5.41, 5.74) is 4.20. The zero-order valence-electron chi connectivity index (χ0n) is 21.0. The van der Waals surface area contributed by atoms with Crippen LogP contribution in [0.2, 0.25) is 0 Å². The lowest BCUT2D eigenvalue weighted by atomic mass is 9.92. The summed E-state index contributed by atoms with van der Waals surface area (Å²) in [6, 6.07) is 11.4. The van der Waals surface area contributed by atoms with Gasteiger partial charge in [0.15, 0.2) is 0 Å². The Morgan fingerprint density at radius 3 is 2.49 bits per heavy atom. The Bertz CT molecular complexity index is 1460.